The molecule has 2 aromatic heterocycles. The van der Waals surface area contributed by atoms with E-state index in [1.54, 1.807) is 25.6 Å². The Morgan fingerprint density at radius 3 is 2.88 bits per heavy atom. The van der Waals surface area contributed by atoms with Crippen molar-refractivity contribution in [1.29, 1.82) is 0 Å². The Balaban J connectivity index is 1.56. The second-order valence-corrected chi connectivity index (χ2v) is 6.05. The van der Waals surface area contributed by atoms with Crippen molar-refractivity contribution in [3.63, 3.8) is 0 Å². The molecule has 3 heterocycles. The van der Waals surface area contributed by atoms with E-state index in [1.165, 1.54) is 12.1 Å². The fourth-order valence-corrected chi connectivity index (χ4v) is 3.22. The highest BCUT2D eigenvalue weighted by atomic mass is 19.1. The molecule has 25 heavy (non-hydrogen) atoms. The summed E-state index contributed by atoms with van der Waals surface area (Å²) in [5.41, 5.74) is 5.01. The van der Waals surface area contributed by atoms with Gasteiger partial charge in [-0.25, -0.2) is 14.4 Å². The van der Waals surface area contributed by atoms with Crippen LogP contribution < -0.4 is 4.74 Å². The van der Waals surface area contributed by atoms with Gasteiger partial charge < -0.3 is 4.74 Å². The summed E-state index contributed by atoms with van der Waals surface area (Å²) in [5, 5.41) is 7.19. The first-order valence-electron chi connectivity index (χ1n) is 8.12. The molecule has 7 heteroatoms. The van der Waals surface area contributed by atoms with E-state index in [2.05, 4.69) is 25.1 Å². The number of fused-ring (bicyclic) bond motifs is 1. The summed E-state index contributed by atoms with van der Waals surface area (Å²) in [6.45, 7) is 2.37. The molecule has 0 saturated heterocycles. The summed E-state index contributed by atoms with van der Waals surface area (Å²) < 4.78 is 18.5. The lowest BCUT2D eigenvalue weighted by atomic mass is 10.0. The molecule has 6 nitrogen and oxygen atoms in total. The van der Waals surface area contributed by atoms with Gasteiger partial charge in [0.25, 0.3) is 0 Å². The summed E-state index contributed by atoms with van der Waals surface area (Å²) in [7, 11) is 1.63. The molecule has 0 radical (unpaired) electrons. The molecule has 128 valence electrons. The van der Waals surface area contributed by atoms with E-state index in [0.717, 1.165) is 54.1 Å². The molecule has 0 fully saturated rings. The van der Waals surface area contributed by atoms with E-state index in [1.807, 2.05) is 6.20 Å². The predicted octanol–water partition coefficient (Wildman–Crippen LogP) is 2.57. The van der Waals surface area contributed by atoms with Crippen molar-refractivity contribution in [2.45, 2.75) is 19.5 Å². The van der Waals surface area contributed by atoms with Crippen LogP contribution in [0.3, 0.4) is 0 Å². The van der Waals surface area contributed by atoms with Crippen molar-refractivity contribution in [1.82, 2.24) is 25.1 Å². The van der Waals surface area contributed by atoms with Gasteiger partial charge in [-0.3, -0.25) is 10.00 Å². The summed E-state index contributed by atoms with van der Waals surface area (Å²) in [6, 6.07) is 6.43. The highest BCUT2D eigenvalue weighted by molar-refractivity contribution is 5.62. The first-order valence-corrected chi connectivity index (χ1v) is 8.12. The second-order valence-electron chi connectivity index (χ2n) is 6.05. The van der Waals surface area contributed by atoms with Gasteiger partial charge in [-0.05, 0) is 24.3 Å². The molecule has 1 aliphatic heterocycles. The van der Waals surface area contributed by atoms with Crippen molar-refractivity contribution in [3.05, 3.63) is 59.4 Å². The van der Waals surface area contributed by atoms with Crippen LogP contribution >= 0.6 is 0 Å². The van der Waals surface area contributed by atoms with E-state index in [4.69, 9.17) is 4.74 Å². The zero-order chi connectivity index (χ0) is 17.2. The molecule has 0 atom stereocenters. The minimum Gasteiger partial charge on any atom is -0.481 e. The van der Waals surface area contributed by atoms with Crippen LogP contribution in [0.5, 0.6) is 5.88 Å². The van der Waals surface area contributed by atoms with Crippen LogP contribution in [0.25, 0.3) is 11.3 Å². The number of nitrogens with zero attached hydrogens (tertiary/aromatic N) is 4. The number of rotatable bonds is 4. The van der Waals surface area contributed by atoms with Gasteiger partial charge in [0.15, 0.2) is 0 Å². The molecule has 4 rings (SSSR count). The van der Waals surface area contributed by atoms with Crippen LogP contribution in [-0.2, 0) is 19.5 Å². The Morgan fingerprint density at radius 1 is 1.24 bits per heavy atom. The minimum absolute atomic E-state index is 0.246. The first kappa shape index (κ1) is 15.7. The normalized spacial score (nSPS) is 14.3. The largest absolute Gasteiger partial charge is 0.481 e. The van der Waals surface area contributed by atoms with Gasteiger partial charge in [-0.15, -0.1) is 0 Å². The van der Waals surface area contributed by atoms with Crippen LogP contribution in [0.4, 0.5) is 4.39 Å². The Kier molecular flexibility index (Phi) is 4.15. The molecule has 1 aliphatic rings. The number of nitrogens with one attached hydrogen (secondary N) is 1. The SMILES string of the molecule is COc1ncnc2c1CN(Cc1cn[nH]c1-c1ccc(F)cc1)CC2. The molecule has 3 aromatic rings. The second kappa shape index (κ2) is 6.60. The maximum Gasteiger partial charge on any atom is 0.220 e. The molecule has 0 unspecified atom stereocenters. The Hall–Kier alpha value is -2.80. The fraction of sp³-hybridized carbons (Fsp3) is 0.278. The molecule has 1 N–H and O–H groups in total. The third-order valence-electron chi connectivity index (χ3n) is 4.48. The maximum absolute atomic E-state index is 13.2. The standard InChI is InChI=1S/C18H18FN5O/c1-25-18-15-10-24(7-6-16(15)20-11-21-18)9-13-8-22-23-17(13)12-2-4-14(19)5-3-12/h2-5,8,11H,6-7,9-10H2,1H3,(H,22,23). The Morgan fingerprint density at radius 2 is 2.08 bits per heavy atom. The van der Waals surface area contributed by atoms with Crippen molar-refractivity contribution in [3.8, 4) is 17.1 Å². The fourth-order valence-electron chi connectivity index (χ4n) is 3.22. The molecule has 0 amide bonds. The zero-order valence-corrected chi connectivity index (χ0v) is 13.9. The van der Waals surface area contributed by atoms with Crippen molar-refractivity contribution in [2.75, 3.05) is 13.7 Å². The van der Waals surface area contributed by atoms with E-state index < -0.39 is 0 Å². The first-order chi connectivity index (χ1) is 12.2. The summed E-state index contributed by atoms with van der Waals surface area (Å²) >= 11 is 0. The summed E-state index contributed by atoms with van der Waals surface area (Å²) in [5.74, 6) is 0.394. The zero-order valence-electron chi connectivity index (χ0n) is 13.9. The van der Waals surface area contributed by atoms with Crippen LogP contribution in [0.1, 0.15) is 16.8 Å². The molecule has 1 aromatic carbocycles. The van der Waals surface area contributed by atoms with Crippen LogP contribution in [0.2, 0.25) is 0 Å². The number of aromatic amines is 1. The van der Waals surface area contributed by atoms with Crippen LogP contribution in [-0.4, -0.2) is 38.7 Å². The molecule has 0 bridgehead atoms. The number of ether oxygens (including phenoxy) is 1. The molecule has 0 aliphatic carbocycles. The maximum atomic E-state index is 13.2. The number of benzene rings is 1. The van der Waals surface area contributed by atoms with E-state index in [-0.39, 0.29) is 5.82 Å². The van der Waals surface area contributed by atoms with Crippen molar-refractivity contribution < 1.29 is 9.13 Å². The number of aromatic nitrogens is 4. The average molecular weight is 339 g/mol. The Bertz CT molecular complexity index is 863. The lowest BCUT2D eigenvalue weighted by molar-refractivity contribution is 0.236. The summed E-state index contributed by atoms with van der Waals surface area (Å²) in [4.78, 5) is 10.9. The minimum atomic E-state index is -0.246. The number of hydrogen-bond donors (Lipinski definition) is 1. The van der Waals surface area contributed by atoms with Crippen molar-refractivity contribution in [2.24, 2.45) is 0 Å². The van der Waals surface area contributed by atoms with Gasteiger partial charge in [-0.1, -0.05) is 0 Å². The molecule has 0 spiro atoms. The number of halogens is 1. The van der Waals surface area contributed by atoms with E-state index in [9.17, 15) is 4.39 Å². The van der Waals surface area contributed by atoms with Crippen LogP contribution in [0, 0.1) is 5.82 Å². The monoisotopic (exact) mass is 339 g/mol. The topological polar surface area (TPSA) is 66.9 Å². The van der Waals surface area contributed by atoms with E-state index in [0.29, 0.717) is 5.88 Å². The lowest BCUT2D eigenvalue weighted by Gasteiger charge is -2.28. The van der Waals surface area contributed by atoms with Gasteiger partial charge >= 0.3 is 0 Å². The third kappa shape index (κ3) is 3.10. The molecular weight excluding hydrogens is 321 g/mol. The highest BCUT2D eigenvalue weighted by Gasteiger charge is 2.22. The number of hydrogen-bond acceptors (Lipinski definition) is 5. The van der Waals surface area contributed by atoms with Gasteiger partial charge in [0, 0.05) is 42.7 Å². The van der Waals surface area contributed by atoms with Gasteiger partial charge in [-0.2, -0.15) is 5.10 Å². The molecular formula is C18H18FN5O. The average Bonchev–Trinajstić information content (AvgIpc) is 3.10. The van der Waals surface area contributed by atoms with Crippen LogP contribution in [0.15, 0.2) is 36.8 Å². The summed E-state index contributed by atoms with van der Waals surface area (Å²) in [6.07, 6.45) is 4.24. The number of methoxy groups -OCH3 is 1. The lowest BCUT2D eigenvalue weighted by Crippen LogP contribution is -2.31. The smallest absolute Gasteiger partial charge is 0.220 e. The predicted molar refractivity (Wildman–Crippen MR) is 90.4 cm³/mol. The van der Waals surface area contributed by atoms with Gasteiger partial charge in [0.05, 0.1) is 24.7 Å². The Labute approximate surface area is 144 Å². The van der Waals surface area contributed by atoms with Gasteiger partial charge in [0.1, 0.15) is 12.1 Å². The highest BCUT2D eigenvalue weighted by Crippen LogP contribution is 2.27. The van der Waals surface area contributed by atoms with Gasteiger partial charge in [0.2, 0.25) is 5.88 Å². The van der Waals surface area contributed by atoms with Crippen molar-refractivity contribution >= 4 is 0 Å². The number of H-pyrrole nitrogens is 1. The molecule has 0 saturated carbocycles. The third-order valence-corrected chi connectivity index (χ3v) is 4.48. The van der Waals surface area contributed by atoms with E-state index >= 15 is 0 Å². The quantitative estimate of drug-likeness (QED) is 0.791.